The first-order valence-electron chi connectivity index (χ1n) is 4.16. The van der Waals surface area contributed by atoms with Gasteiger partial charge in [0.2, 0.25) is 5.89 Å². The van der Waals surface area contributed by atoms with Crippen LogP contribution in [0.15, 0.2) is 4.52 Å². The van der Waals surface area contributed by atoms with Crippen molar-refractivity contribution < 1.29 is 4.52 Å². The summed E-state index contributed by atoms with van der Waals surface area (Å²) < 4.78 is 4.92. The van der Waals surface area contributed by atoms with Gasteiger partial charge in [-0.25, -0.2) is 0 Å². The monoisotopic (exact) mass is 152 g/mol. The first-order chi connectivity index (χ1) is 5.36. The minimum absolute atomic E-state index is 0.576. The largest absolute Gasteiger partial charge is 0.340 e. The summed E-state index contributed by atoms with van der Waals surface area (Å²) in [7, 11) is 0. The Labute approximate surface area is 65.8 Å². The molecule has 1 aliphatic rings. The van der Waals surface area contributed by atoms with Gasteiger partial charge in [-0.05, 0) is 12.8 Å². The number of hydrogen-bond donors (Lipinski definition) is 0. The highest BCUT2D eigenvalue weighted by Crippen LogP contribution is 2.31. The van der Waals surface area contributed by atoms with Crippen molar-refractivity contribution in [2.75, 3.05) is 0 Å². The lowest BCUT2D eigenvalue weighted by Gasteiger charge is -1.98. The van der Waals surface area contributed by atoms with Crippen molar-refractivity contribution >= 4 is 0 Å². The van der Waals surface area contributed by atoms with Crippen LogP contribution in [0.2, 0.25) is 0 Å². The SMILES string of the molecule is Cc1nc(C2CCCC2)no1. The van der Waals surface area contributed by atoms with Gasteiger partial charge in [0.05, 0.1) is 0 Å². The Morgan fingerprint density at radius 3 is 2.64 bits per heavy atom. The molecule has 2 rings (SSSR count). The fraction of sp³-hybridized carbons (Fsp3) is 0.750. The maximum Gasteiger partial charge on any atom is 0.223 e. The van der Waals surface area contributed by atoms with E-state index in [0.29, 0.717) is 11.8 Å². The van der Waals surface area contributed by atoms with Crippen LogP contribution < -0.4 is 0 Å². The normalized spacial score (nSPS) is 19.4. The maximum atomic E-state index is 4.92. The third-order valence-electron chi connectivity index (χ3n) is 2.26. The Balaban J connectivity index is 2.15. The van der Waals surface area contributed by atoms with E-state index in [1.165, 1.54) is 25.7 Å². The Bertz CT molecular complexity index is 238. The number of hydrogen-bond acceptors (Lipinski definition) is 3. The molecule has 1 fully saturated rings. The second-order valence-electron chi connectivity index (χ2n) is 3.15. The predicted octanol–water partition coefficient (Wildman–Crippen LogP) is 2.04. The van der Waals surface area contributed by atoms with E-state index in [4.69, 9.17) is 4.52 Å². The quantitative estimate of drug-likeness (QED) is 0.618. The topological polar surface area (TPSA) is 38.9 Å². The molecule has 0 aliphatic heterocycles. The molecule has 0 saturated heterocycles. The number of aryl methyl sites for hydroxylation is 1. The van der Waals surface area contributed by atoms with Gasteiger partial charge in [-0.3, -0.25) is 0 Å². The minimum atomic E-state index is 0.576. The first kappa shape index (κ1) is 6.83. The van der Waals surface area contributed by atoms with Crippen LogP contribution in [0.1, 0.15) is 43.3 Å². The molecule has 0 atom stereocenters. The second-order valence-corrected chi connectivity index (χ2v) is 3.15. The van der Waals surface area contributed by atoms with Gasteiger partial charge < -0.3 is 4.52 Å². The van der Waals surface area contributed by atoms with Gasteiger partial charge in [-0.1, -0.05) is 18.0 Å². The lowest BCUT2D eigenvalue weighted by molar-refractivity contribution is 0.383. The summed E-state index contributed by atoms with van der Waals surface area (Å²) in [5.74, 6) is 2.18. The van der Waals surface area contributed by atoms with Crippen molar-refractivity contribution in [3.8, 4) is 0 Å². The van der Waals surface area contributed by atoms with Crippen LogP contribution in [0.5, 0.6) is 0 Å². The zero-order valence-corrected chi connectivity index (χ0v) is 6.71. The molecule has 11 heavy (non-hydrogen) atoms. The molecule has 0 amide bonds. The minimum Gasteiger partial charge on any atom is -0.340 e. The summed E-state index contributed by atoms with van der Waals surface area (Å²) in [5.41, 5.74) is 0. The maximum absolute atomic E-state index is 4.92. The average Bonchev–Trinajstić information content (AvgIpc) is 2.55. The van der Waals surface area contributed by atoms with Crippen molar-refractivity contribution in [2.24, 2.45) is 0 Å². The highest BCUT2D eigenvalue weighted by atomic mass is 16.5. The zero-order chi connectivity index (χ0) is 7.68. The Hall–Kier alpha value is -0.860. The van der Waals surface area contributed by atoms with Crippen LogP contribution in [0.3, 0.4) is 0 Å². The molecule has 1 aliphatic carbocycles. The van der Waals surface area contributed by atoms with Gasteiger partial charge in [-0.2, -0.15) is 4.98 Å². The first-order valence-corrected chi connectivity index (χ1v) is 4.16. The molecule has 1 heterocycles. The molecule has 0 bridgehead atoms. The molecule has 0 unspecified atom stereocenters. The molecule has 3 heteroatoms. The summed E-state index contributed by atoms with van der Waals surface area (Å²) in [6, 6.07) is 0. The van der Waals surface area contributed by atoms with Gasteiger partial charge in [0.1, 0.15) is 0 Å². The molecule has 3 nitrogen and oxygen atoms in total. The van der Waals surface area contributed by atoms with E-state index in [1.807, 2.05) is 6.92 Å². The molecule has 60 valence electrons. The van der Waals surface area contributed by atoms with E-state index >= 15 is 0 Å². The molecular weight excluding hydrogens is 140 g/mol. The van der Waals surface area contributed by atoms with Crippen LogP contribution in [-0.2, 0) is 0 Å². The summed E-state index contributed by atoms with van der Waals surface area (Å²) in [6.45, 7) is 1.84. The van der Waals surface area contributed by atoms with E-state index < -0.39 is 0 Å². The highest BCUT2D eigenvalue weighted by molar-refractivity contribution is 4.96. The predicted molar refractivity (Wildman–Crippen MR) is 40.2 cm³/mol. The number of rotatable bonds is 1. The third kappa shape index (κ3) is 1.27. The lowest BCUT2D eigenvalue weighted by atomic mass is 10.1. The lowest BCUT2D eigenvalue weighted by Crippen LogP contribution is -1.94. The van der Waals surface area contributed by atoms with Gasteiger partial charge >= 0.3 is 0 Å². The van der Waals surface area contributed by atoms with Crippen LogP contribution in [0, 0.1) is 6.92 Å². The summed E-state index contributed by atoms with van der Waals surface area (Å²) in [6.07, 6.45) is 5.11. The van der Waals surface area contributed by atoms with Crippen molar-refractivity contribution in [1.29, 1.82) is 0 Å². The summed E-state index contributed by atoms with van der Waals surface area (Å²) in [4.78, 5) is 4.21. The van der Waals surface area contributed by atoms with Crippen molar-refractivity contribution in [1.82, 2.24) is 10.1 Å². The van der Waals surface area contributed by atoms with Gasteiger partial charge in [0, 0.05) is 12.8 Å². The molecule has 0 radical (unpaired) electrons. The van der Waals surface area contributed by atoms with E-state index in [2.05, 4.69) is 10.1 Å². The molecule has 0 N–H and O–H groups in total. The van der Waals surface area contributed by atoms with Crippen molar-refractivity contribution in [3.05, 3.63) is 11.7 Å². The molecular formula is C8H12N2O. The van der Waals surface area contributed by atoms with E-state index in [0.717, 1.165) is 5.82 Å². The van der Waals surface area contributed by atoms with Crippen LogP contribution in [-0.4, -0.2) is 10.1 Å². The van der Waals surface area contributed by atoms with E-state index in [9.17, 15) is 0 Å². The van der Waals surface area contributed by atoms with Gasteiger partial charge in [0.25, 0.3) is 0 Å². The fourth-order valence-corrected chi connectivity index (χ4v) is 1.66. The van der Waals surface area contributed by atoms with Gasteiger partial charge in [-0.15, -0.1) is 0 Å². The van der Waals surface area contributed by atoms with Gasteiger partial charge in [0.15, 0.2) is 5.82 Å². The number of nitrogens with zero attached hydrogens (tertiary/aromatic N) is 2. The molecule has 0 spiro atoms. The molecule has 1 aromatic heterocycles. The van der Waals surface area contributed by atoms with E-state index in [1.54, 1.807) is 0 Å². The van der Waals surface area contributed by atoms with Crippen LogP contribution in [0.25, 0.3) is 0 Å². The van der Waals surface area contributed by atoms with E-state index in [-0.39, 0.29) is 0 Å². The van der Waals surface area contributed by atoms with Crippen molar-refractivity contribution in [2.45, 2.75) is 38.5 Å². The van der Waals surface area contributed by atoms with Crippen LogP contribution in [0.4, 0.5) is 0 Å². The summed E-state index contributed by atoms with van der Waals surface area (Å²) in [5, 5.41) is 3.91. The summed E-state index contributed by atoms with van der Waals surface area (Å²) >= 11 is 0. The average molecular weight is 152 g/mol. The Kier molecular flexibility index (Phi) is 1.64. The number of aromatic nitrogens is 2. The van der Waals surface area contributed by atoms with Crippen LogP contribution >= 0.6 is 0 Å². The fourth-order valence-electron chi connectivity index (χ4n) is 1.66. The third-order valence-corrected chi connectivity index (χ3v) is 2.26. The zero-order valence-electron chi connectivity index (χ0n) is 6.71. The molecule has 1 aromatic rings. The molecule has 0 aromatic carbocycles. The standard InChI is InChI=1S/C8H12N2O/c1-6-9-8(10-11-6)7-4-2-3-5-7/h7H,2-5H2,1H3. The Morgan fingerprint density at radius 1 is 1.36 bits per heavy atom. The Morgan fingerprint density at radius 2 is 2.09 bits per heavy atom. The molecule has 1 saturated carbocycles. The smallest absolute Gasteiger partial charge is 0.223 e. The highest BCUT2D eigenvalue weighted by Gasteiger charge is 2.21. The second kappa shape index (κ2) is 2.64. The van der Waals surface area contributed by atoms with Crippen molar-refractivity contribution in [3.63, 3.8) is 0 Å².